The third-order valence-corrected chi connectivity index (χ3v) is 5.27. The van der Waals surface area contributed by atoms with Crippen LogP contribution in [0.3, 0.4) is 0 Å². The molecule has 4 rings (SSSR count). The van der Waals surface area contributed by atoms with Gasteiger partial charge in [0.15, 0.2) is 6.04 Å². The highest BCUT2D eigenvalue weighted by Gasteiger charge is 2.49. The maximum atomic E-state index is 11.8. The summed E-state index contributed by atoms with van der Waals surface area (Å²) in [6.45, 7) is 2.05. The zero-order valence-corrected chi connectivity index (χ0v) is 14.4. The Labute approximate surface area is 149 Å². The first-order chi connectivity index (χ1) is 11.5. The molecule has 0 saturated carbocycles. The third-order valence-electron chi connectivity index (χ3n) is 4.74. The molecule has 4 nitrogen and oxygen atoms in total. The molecular formula is C18H15Cl2NO3. The minimum Gasteiger partial charge on any atom is -0.486 e. The number of hydrogen-bond acceptors (Lipinski definition) is 3. The smallest absolute Gasteiger partial charge is 0.330 e. The number of benzene rings is 2. The van der Waals surface area contributed by atoms with E-state index in [1.807, 2.05) is 18.2 Å². The number of ether oxygens (including phenoxy) is 1. The van der Waals surface area contributed by atoms with Crippen LogP contribution >= 0.6 is 23.2 Å². The van der Waals surface area contributed by atoms with Gasteiger partial charge in [0.25, 0.3) is 0 Å². The summed E-state index contributed by atoms with van der Waals surface area (Å²) in [7, 11) is 0. The first kappa shape index (κ1) is 15.6. The highest BCUT2D eigenvalue weighted by Crippen LogP contribution is 2.52. The Morgan fingerprint density at radius 1 is 1.33 bits per heavy atom. The molecular weight excluding hydrogens is 349 g/mol. The van der Waals surface area contributed by atoms with Gasteiger partial charge in [-0.1, -0.05) is 48.3 Å². The highest BCUT2D eigenvalue weighted by atomic mass is 35.5. The number of nitrogens with one attached hydrogen (secondary N) is 1. The van der Waals surface area contributed by atoms with Crippen molar-refractivity contribution in [2.45, 2.75) is 31.4 Å². The summed E-state index contributed by atoms with van der Waals surface area (Å²) >= 11 is 12.6. The van der Waals surface area contributed by atoms with Crippen molar-refractivity contribution in [3.63, 3.8) is 0 Å². The molecule has 2 aromatic carbocycles. The molecule has 0 fully saturated rings. The Balaban J connectivity index is 1.96. The van der Waals surface area contributed by atoms with Gasteiger partial charge in [-0.3, -0.25) is 0 Å². The summed E-state index contributed by atoms with van der Waals surface area (Å²) < 4.78 is 6.11. The minimum absolute atomic E-state index is 0.228. The van der Waals surface area contributed by atoms with Crippen LogP contribution in [0.5, 0.6) is 5.75 Å². The molecule has 2 N–H and O–H groups in total. The van der Waals surface area contributed by atoms with Crippen LogP contribution < -0.4 is 10.1 Å². The Bertz CT molecular complexity index is 852. The molecule has 0 aromatic heterocycles. The maximum absolute atomic E-state index is 11.8. The van der Waals surface area contributed by atoms with E-state index in [0.717, 1.165) is 28.9 Å². The second-order valence-electron chi connectivity index (χ2n) is 6.06. The number of anilines is 1. The molecule has 2 aliphatic rings. The summed E-state index contributed by atoms with van der Waals surface area (Å²) in [6, 6.07) is 8.50. The van der Waals surface area contributed by atoms with Crippen LogP contribution in [0.1, 0.15) is 29.5 Å². The highest BCUT2D eigenvalue weighted by molar-refractivity contribution is 6.35. The summed E-state index contributed by atoms with van der Waals surface area (Å²) in [4.78, 5) is 11.8. The molecule has 0 saturated heterocycles. The van der Waals surface area contributed by atoms with E-state index in [4.69, 9.17) is 27.9 Å². The topological polar surface area (TPSA) is 58.6 Å². The number of aryl methyl sites for hydroxylation is 1. The summed E-state index contributed by atoms with van der Waals surface area (Å²) in [5, 5.41) is 13.7. The molecule has 0 spiro atoms. The van der Waals surface area contributed by atoms with E-state index < -0.39 is 18.1 Å². The SMILES string of the molecule is CCc1cccc2c1OC1C(C(=O)O)Nc3cc(Cl)cc(Cl)c3C21. The first-order valence-electron chi connectivity index (χ1n) is 7.78. The van der Waals surface area contributed by atoms with E-state index in [-0.39, 0.29) is 5.92 Å². The monoisotopic (exact) mass is 363 g/mol. The molecule has 0 bridgehead atoms. The molecule has 0 aliphatic carbocycles. The summed E-state index contributed by atoms with van der Waals surface area (Å²) in [6.07, 6.45) is 0.269. The van der Waals surface area contributed by atoms with Crippen LogP contribution in [-0.2, 0) is 11.2 Å². The third kappa shape index (κ3) is 2.17. The van der Waals surface area contributed by atoms with Crippen molar-refractivity contribution < 1.29 is 14.6 Å². The lowest BCUT2D eigenvalue weighted by Crippen LogP contribution is -2.48. The average Bonchev–Trinajstić information content (AvgIpc) is 2.92. The fourth-order valence-corrected chi connectivity index (χ4v) is 4.32. The molecule has 2 heterocycles. The standard InChI is InChI=1S/C18H15Cl2NO3/c1-2-8-4-3-5-10-13-14-11(20)6-9(19)7-12(14)21-15(18(22)23)17(13)24-16(8)10/h3-7,13,15,17,21H,2H2,1H3,(H,22,23). The van der Waals surface area contributed by atoms with E-state index in [9.17, 15) is 9.90 Å². The number of halogens is 2. The molecule has 0 amide bonds. The number of fused-ring (bicyclic) bond motifs is 5. The number of carboxylic acid groups (broad SMARTS) is 1. The predicted molar refractivity (Wildman–Crippen MR) is 93.6 cm³/mol. The second kappa shape index (κ2) is 5.57. The van der Waals surface area contributed by atoms with Gasteiger partial charge in [0.05, 0.1) is 5.92 Å². The zero-order valence-electron chi connectivity index (χ0n) is 12.8. The Morgan fingerprint density at radius 2 is 2.12 bits per heavy atom. The first-order valence-corrected chi connectivity index (χ1v) is 8.53. The number of carbonyl (C=O) groups is 1. The predicted octanol–water partition coefficient (Wildman–Crippen LogP) is 4.33. The molecule has 0 radical (unpaired) electrons. The van der Waals surface area contributed by atoms with Gasteiger partial charge in [0, 0.05) is 26.9 Å². The van der Waals surface area contributed by atoms with Crippen LogP contribution in [0.4, 0.5) is 5.69 Å². The lowest BCUT2D eigenvalue weighted by molar-refractivity contribution is -0.140. The number of para-hydroxylation sites is 1. The Morgan fingerprint density at radius 3 is 2.83 bits per heavy atom. The van der Waals surface area contributed by atoms with Crippen LogP contribution in [0.25, 0.3) is 0 Å². The van der Waals surface area contributed by atoms with Crippen molar-refractivity contribution in [2.75, 3.05) is 5.32 Å². The van der Waals surface area contributed by atoms with Crippen LogP contribution in [-0.4, -0.2) is 23.2 Å². The summed E-state index contributed by atoms with van der Waals surface area (Å²) in [5.41, 5.74) is 3.55. The van der Waals surface area contributed by atoms with Gasteiger partial charge in [-0.2, -0.15) is 0 Å². The lowest BCUT2D eigenvalue weighted by atomic mass is 9.80. The maximum Gasteiger partial charge on any atom is 0.330 e. The van der Waals surface area contributed by atoms with Gasteiger partial charge in [-0.05, 0) is 24.1 Å². The lowest BCUT2D eigenvalue weighted by Gasteiger charge is -2.34. The van der Waals surface area contributed by atoms with Gasteiger partial charge in [0.2, 0.25) is 0 Å². The quantitative estimate of drug-likeness (QED) is 0.833. The molecule has 2 aromatic rings. The molecule has 124 valence electrons. The molecule has 3 atom stereocenters. The second-order valence-corrected chi connectivity index (χ2v) is 6.90. The van der Waals surface area contributed by atoms with E-state index >= 15 is 0 Å². The summed E-state index contributed by atoms with van der Waals surface area (Å²) in [5.74, 6) is -0.409. The molecule has 24 heavy (non-hydrogen) atoms. The van der Waals surface area contributed by atoms with Gasteiger partial charge >= 0.3 is 5.97 Å². The van der Waals surface area contributed by atoms with Crippen molar-refractivity contribution in [1.82, 2.24) is 0 Å². The van der Waals surface area contributed by atoms with E-state index in [0.29, 0.717) is 15.7 Å². The van der Waals surface area contributed by atoms with Crippen molar-refractivity contribution in [1.29, 1.82) is 0 Å². The van der Waals surface area contributed by atoms with E-state index in [1.165, 1.54) is 0 Å². The van der Waals surface area contributed by atoms with Crippen molar-refractivity contribution >= 4 is 34.9 Å². The van der Waals surface area contributed by atoms with Crippen molar-refractivity contribution in [3.05, 3.63) is 57.1 Å². The van der Waals surface area contributed by atoms with Crippen LogP contribution in [0, 0.1) is 0 Å². The zero-order chi connectivity index (χ0) is 17.0. The Kier molecular flexibility index (Phi) is 3.62. The normalized spacial score (nSPS) is 23.5. The van der Waals surface area contributed by atoms with Crippen LogP contribution in [0.15, 0.2) is 30.3 Å². The fourth-order valence-electron chi connectivity index (χ4n) is 3.71. The molecule has 3 unspecified atom stereocenters. The van der Waals surface area contributed by atoms with Gasteiger partial charge in [0.1, 0.15) is 11.9 Å². The van der Waals surface area contributed by atoms with Crippen molar-refractivity contribution in [2.24, 2.45) is 0 Å². The molecule has 2 aliphatic heterocycles. The van der Waals surface area contributed by atoms with Gasteiger partial charge < -0.3 is 15.2 Å². The number of carboxylic acids is 1. The molecule has 6 heteroatoms. The van der Waals surface area contributed by atoms with E-state index in [1.54, 1.807) is 12.1 Å². The average molecular weight is 364 g/mol. The number of hydrogen-bond donors (Lipinski definition) is 2. The van der Waals surface area contributed by atoms with Crippen molar-refractivity contribution in [3.8, 4) is 5.75 Å². The number of rotatable bonds is 2. The largest absolute Gasteiger partial charge is 0.486 e. The Hall–Kier alpha value is -1.91. The van der Waals surface area contributed by atoms with E-state index in [2.05, 4.69) is 12.2 Å². The van der Waals surface area contributed by atoms with Gasteiger partial charge in [-0.25, -0.2) is 4.79 Å². The van der Waals surface area contributed by atoms with Crippen LogP contribution in [0.2, 0.25) is 10.0 Å². The van der Waals surface area contributed by atoms with Gasteiger partial charge in [-0.15, -0.1) is 0 Å². The fraction of sp³-hybridized carbons (Fsp3) is 0.278. The number of aliphatic carboxylic acids is 1. The minimum atomic E-state index is -0.961.